The smallest absolute Gasteiger partial charge is 0.313 e. The third kappa shape index (κ3) is 3.38. The van der Waals surface area contributed by atoms with Gasteiger partial charge in [-0.15, -0.1) is 0 Å². The van der Waals surface area contributed by atoms with Crippen LogP contribution in [0.1, 0.15) is 30.1 Å². The molecule has 0 bridgehead atoms. The summed E-state index contributed by atoms with van der Waals surface area (Å²) in [6, 6.07) is 2.68. The number of hydrogen-bond donors (Lipinski definition) is 0. The first kappa shape index (κ1) is 17.8. The van der Waals surface area contributed by atoms with E-state index in [0.29, 0.717) is 38.2 Å². The number of fused-ring (bicyclic) bond motifs is 1. The molecule has 2 saturated heterocycles. The largest absolute Gasteiger partial charge is 0.466 e. The second-order valence-corrected chi connectivity index (χ2v) is 6.99. The van der Waals surface area contributed by atoms with Crippen molar-refractivity contribution in [2.45, 2.75) is 19.8 Å². The summed E-state index contributed by atoms with van der Waals surface area (Å²) in [5.41, 5.74) is -0.258. The number of hydrogen-bond acceptors (Lipinski definition) is 5. The third-order valence-electron chi connectivity index (χ3n) is 5.30. The highest BCUT2D eigenvalue weighted by atomic mass is 19.1. The zero-order valence-corrected chi connectivity index (χ0v) is 14.7. The van der Waals surface area contributed by atoms with E-state index < -0.39 is 11.4 Å². The average molecular weight is 349 g/mol. The topological polar surface area (TPSA) is 62.7 Å². The van der Waals surface area contributed by atoms with Crippen LogP contribution in [0.15, 0.2) is 18.3 Å². The molecule has 0 aliphatic carbocycles. The van der Waals surface area contributed by atoms with E-state index in [1.165, 1.54) is 12.3 Å². The number of pyridine rings is 1. The third-order valence-corrected chi connectivity index (χ3v) is 5.30. The van der Waals surface area contributed by atoms with Crippen LogP contribution in [0.2, 0.25) is 0 Å². The van der Waals surface area contributed by atoms with Crippen molar-refractivity contribution < 1.29 is 18.7 Å². The number of amides is 1. The number of likely N-dealkylation sites (tertiary alicyclic amines) is 2. The van der Waals surface area contributed by atoms with Gasteiger partial charge in [0.25, 0.3) is 5.91 Å². The maximum Gasteiger partial charge on any atom is 0.313 e. The lowest BCUT2D eigenvalue weighted by Crippen LogP contribution is -2.43. The maximum absolute atomic E-state index is 13.3. The lowest BCUT2D eigenvalue weighted by atomic mass is 9.75. The van der Waals surface area contributed by atoms with Gasteiger partial charge in [-0.25, -0.2) is 4.98 Å². The number of aromatic nitrogens is 1. The van der Waals surface area contributed by atoms with E-state index >= 15 is 0 Å². The highest BCUT2D eigenvalue weighted by Crippen LogP contribution is 2.43. The van der Waals surface area contributed by atoms with Crippen molar-refractivity contribution in [3.63, 3.8) is 0 Å². The highest BCUT2D eigenvalue weighted by Gasteiger charge is 2.53. The summed E-state index contributed by atoms with van der Waals surface area (Å²) < 4.78 is 18.7. The Bertz CT molecular complexity index is 669. The first-order valence-corrected chi connectivity index (χ1v) is 8.73. The molecule has 1 aromatic heterocycles. The van der Waals surface area contributed by atoms with Gasteiger partial charge in [-0.3, -0.25) is 9.59 Å². The summed E-state index contributed by atoms with van der Waals surface area (Å²) in [6.45, 7) is 4.61. The van der Waals surface area contributed by atoms with Crippen molar-refractivity contribution in [1.29, 1.82) is 0 Å². The number of carbonyl (C=O) groups excluding carboxylic acids is 2. The van der Waals surface area contributed by atoms with Crippen LogP contribution in [-0.4, -0.2) is 66.5 Å². The quantitative estimate of drug-likeness (QED) is 0.612. The summed E-state index contributed by atoms with van der Waals surface area (Å²) in [6.07, 6.45) is 2.73. The van der Waals surface area contributed by atoms with Crippen molar-refractivity contribution in [1.82, 2.24) is 14.8 Å². The van der Waals surface area contributed by atoms with Crippen LogP contribution in [0, 0.1) is 17.3 Å². The summed E-state index contributed by atoms with van der Waals surface area (Å²) in [5.74, 6) is -1.01. The second-order valence-electron chi connectivity index (χ2n) is 6.99. The Hall–Kier alpha value is -2.02. The SMILES string of the molecule is CCOC(=O)[C@]12CCCN(C(=O)c3ccnc(F)c3)C[C@H]1CN(C)C2. The minimum atomic E-state index is -0.665. The van der Waals surface area contributed by atoms with Crippen molar-refractivity contribution >= 4 is 11.9 Å². The Kier molecular flexibility index (Phi) is 5.03. The van der Waals surface area contributed by atoms with Crippen LogP contribution in [0.5, 0.6) is 0 Å². The van der Waals surface area contributed by atoms with Gasteiger partial charge in [0.2, 0.25) is 5.95 Å². The van der Waals surface area contributed by atoms with Crippen molar-refractivity contribution in [2.75, 3.05) is 39.8 Å². The lowest BCUT2D eigenvalue weighted by Gasteiger charge is -2.31. The van der Waals surface area contributed by atoms with E-state index in [0.717, 1.165) is 19.0 Å². The fourth-order valence-corrected chi connectivity index (χ4v) is 4.20. The molecule has 0 N–H and O–H groups in total. The van der Waals surface area contributed by atoms with Crippen LogP contribution in [0.25, 0.3) is 0 Å². The molecule has 0 spiro atoms. The van der Waals surface area contributed by atoms with Crippen LogP contribution in [0.4, 0.5) is 4.39 Å². The number of rotatable bonds is 3. The Labute approximate surface area is 147 Å². The van der Waals surface area contributed by atoms with Gasteiger partial charge in [0.1, 0.15) is 0 Å². The number of nitrogens with zero attached hydrogens (tertiary/aromatic N) is 3. The van der Waals surface area contributed by atoms with Crippen molar-refractivity contribution in [3.05, 3.63) is 29.8 Å². The monoisotopic (exact) mass is 349 g/mol. The van der Waals surface area contributed by atoms with Crippen LogP contribution in [-0.2, 0) is 9.53 Å². The first-order valence-electron chi connectivity index (χ1n) is 8.73. The van der Waals surface area contributed by atoms with Gasteiger partial charge in [0.15, 0.2) is 0 Å². The molecule has 1 aromatic rings. The molecule has 136 valence electrons. The van der Waals surface area contributed by atoms with Gasteiger partial charge in [0, 0.05) is 49.9 Å². The number of halogens is 1. The van der Waals surface area contributed by atoms with E-state index in [1.54, 1.807) is 4.90 Å². The Morgan fingerprint density at radius 3 is 2.96 bits per heavy atom. The Morgan fingerprint density at radius 2 is 2.24 bits per heavy atom. The summed E-state index contributed by atoms with van der Waals surface area (Å²) in [5, 5.41) is 0. The number of carbonyl (C=O) groups is 2. The molecule has 0 unspecified atom stereocenters. The molecule has 1 amide bonds. The number of ether oxygens (including phenoxy) is 1. The molecule has 3 rings (SSSR count). The Balaban J connectivity index is 1.83. The van der Waals surface area contributed by atoms with Gasteiger partial charge in [-0.2, -0.15) is 4.39 Å². The Morgan fingerprint density at radius 1 is 1.44 bits per heavy atom. The molecule has 0 aromatic carbocycles. The van der Waals surface area contributed by atoms with Crippen LogP contribution < -0.4 is 0 Å². The van der Waals surface area contributed by atoms with E-state index in [1.807, 2.05) is 14.0 Å². The normalized spacial score (nSPS) is 26.8. The van der Waals surface area contributed by atoms with Gasteiger partial charge in [-0.1, -0.05) is 0 Å². The van der Waals surface area contributed by atoms with E-state index in [4.69, 9.17) is 4.74 Å². The van der Waals surface area contributed by atoms with E-state index in [-0.39, 0.29) is 17.8 Å². The lowest BCUT2D eigenvalue weighted by molar-refractivity contribution is -0.157. The summed E-state index contributed by atoms with van der Waals surface area (Å²) >= 11 is 0. The fraction of sp³-hybridized carbons (Fsp3) is 0.611. The molecular weight excluding hydrogens is 325 g/mol. The number of esters is 1. The van der Waals surface area contributed by atoms with Crippen molar-refractivity contribution in [2.24, 2.45) is 11.3 Å². The molecule has 0 radical (unpaired) electrons. The maximum atomic E-state index is 13.3. The standard InChI is InChI=1S/C18H24FN3O3/c1-3-25-17(24)18-6-4-8-22(11-14(18)10-21(2)12-18)16(23)13-5-7-20-15(19)9-13/h5,7,9,14H,3-4,6,8,10-12H2,1-2H3/t14-,18+/m1/s1. The molecule has 2 aliphatic rings. The fourth-order valence-electron chi connectivity index (χ4n) is 4.20. The van der Waals surface area contributed by atoms with E-state index in [9.17, 15) is 14.0 Å². The molecule has 0 saturated carbocycles. The van der Waals surface area contributed by atoms with Crippen LogP contribution >= 0.6 is 0 Å². The zero-order chi connectivity index (χ0) is 18.0. The zero-order valence-electron chi connectivity index (χ0n) is 14.7. The summed E-state index contributed by atoms with van der Waals surface area (Å²) in [4.78, 5) is 32.8. The van der Waals surface area contributed by atoms with Gasteiger partial charge >= 0.3 is 5.97 Å². The molecular formula is C18H24FN3O3. The molecule has 2 atom stereocenters. The predicted molar refractivity (Wildman–Crippen MR) is 89.4 cm³/mol. The molecule has 6 nitrogen and oxygen atoms in total. The average Bonchev–Trinajstić information content (AvgIpc) is 2.79. The first-order chi connectivity index (χ1) is 12.0. The summed E-state index contributed by atoms with van der Waals surface area (Å²) in [7, 11) is 1.99. The van der Waals surface area contributed by atoms with Gasteiger partial charge < -0.3 is 14.5 Å². The minimum Gasteiger partial charge on any atom is -0.466 e. The van der Waals surface area contributed by atoms with Crippen molar-refractivity contribution in [3.8, 4) is 0 Å². The predicted octanol–water partition coefficient (Wildman–Crippen LogP) is 1.57. The van der Waals surface area contributed by atoms with Crippen LogP contribution in [0.3, 0.4) is 0 Å². The molecule has 3 heterocycles. The van der Waals surface area contributed by atoms with Gasteiger partial charge in [-0.05, 0) is 32.9 Å². The van der Waals surface area contributed by atoms with Gasteiger partial charge in [0.05, 0.1) is 12.0 Å². The molecule has 7 heteroatoms. The second kappa shape index (κ2) is 7.07. The molecule has 2 aliphatic heterocycles. The van der Waals surface area contributed by atoms with E-state index in [2.05, 4.69) is 9.88 Å². The molecule has 25 heavy (non-hydrogen) atoms. The minimum absolute atomic E-state index is 0.0229. The highest BCUT2D eigenvalue weighted by molar-refractivity contribution is 5.94. The molecule has 2 fully saturated rings.